The van der Waals surface area contributed by atoms with Crippen molar-refractivity contribution in [1.82, 2.24) is 0 Å². The van der Waals surface area contributed by atoms with E-state index in [9.17, 15) is 4.79 Å². The third kappa shape index (κ3) is 2.61. The van der Waals surface area contributed by atoms with Crippen LogP contribution in [0, 0.1) is 0 Å². The lowest BCUT2D eigenvalue weighted by Crippen LogP contribution is -2.06. The van der Waals surface area contributed by atoms with Gasteiger partial charge in [-0.15, -0.1) is 0 Å². The van der Waals surface area contributed by atoms with E-state index in [0.29, 0.717) is 0 Å². The van der Waals surface area contributed by atoms with Crippen LogP contribution in [0.4, 0.5) is 0 Å². The molecule has 0 N–H and O–H groups in total. The molecule has 0 aliphatic carbocycles. The Bertz CT molecular complexity index is 534. The lowest BCUT2D eigenvalue weighted by Gasteiger charge is -2.05. The number of ketones is 1. The van der Waals surface area contributed by atoms with Gasteiger partial charge < -0.3 is 4.74 Å². The van der Waals surface area contributed by atoms with Crippen molar-refractivity contribution in [3.05, 3.63) is 40.9 Å². The maximum atomic E-state index is 10.8. The van der Waals surface area contributed by atoms with Gasteiger partial charge in [-0.2, -0.15) is 0 Å². The van der Waals surface area contributed by atoms with E-state index in [1.807, 2.05) is 36.4 Å². The summed E-state index contributed by atoms with van der Waals surface area (Å²) in [6.45, 7) is 1.64. The predicted molar refractivity (Wildman–Crippen MR) is 67.8 cm³/mol. The first-order chi connectivity index (χ1) is 7.65. The van der Waals surface area contributed by atoms with E-state index in [1.165, 1.54) is 6.92 Å². The van der Waals surface area contributed by atoms with Crippen molar-refractivity contribution in [3.63, 3.8) is 0 Å². The lowest BCUT2D eigenvalue weighted by molar-refractivity contribution is -0.118. The molecule has 0 saturated carbocycles. The minimum Gasteiger partial charge on any atom is -0.486 e. The van der Waals surface area contributed by atoms with Gasteiger partial charge in [-0.3, -0.25) is 4.79 Å². The van der Waals surface area contributed by atoms with Gasteiger partial charge in [0.05, 0.1) is 0 Å². The molecular formula is C13H11BrO2. The summed E-state index contributed by atoms with van der Waals surface area (Å²) in [5.74, 6) is 0.751. The van der Waals surface area contributed by atoms with Gasteiger partial charge in [0.15, 0.2) is 5.78 Å². The van der Waals surface area contributed by atoms with Gasteiger partial charge in [-0.25, -0.2) is 0 Å². The Balaban J connectivity index is 2.30. The molecular weight excluding hydrogens is 268 g/mol. The Morgan fingerprint density at radius 1 is 1.19 bits per heavy atom. The molecule has 2 aromatic carbocycles. The molecule has 2 rings (SSSR count). The molecule has 2 nitrogen and oxygen atoms in total. The van der Waals surface area contributed by atoms with Gasteiger partial charge in [0.25, 0.3) is 0 Å². The number of fused-ring (bicyclic) bond motifs is 1. The molecule has 0 bridgehead atoms. The molecule has 0 atom stereocenters. The van der Waals surface area contributed by atoms with Crippen molar-refractivity contribution in [2.45, 2.75) is 6.92 Å². The first-order valence-corrected chi connectivity index (χ1v) is 5.76. The number of hydrogen-bond acceptors (Lipinski definition) is 2. The van der Waals surface area contributed by atoms with Gasteiger partial charge in [-0.05, 0) is 42.0 Å². The van der Waals surface area contributed by atoms with Crippen LogP contribution in [0.25, 0.3) is 10.8 Å². The molecule has 16 heavy (non-hydrogen) atoms. The van der Waals surface area contributed by atoms with Crippen molar-refractivity contribution in [2.75, 3.05) is 6.61 Å². The highest BCUT2D eigenvalue weighted by molar-refractivity contribution is 9.10. The molecule has 0 fully saturated rings. The second-order valence-corrected chi connectivity index (χ2v) is 4.56. The van der Waals surface area contributed by atoms with Gasteiger partial charge in [0.1, 0.15) is 12.4 Å². The number of ether oxygens (including phenoxy) is 1. The van der Waals surface area contributed by atoms with Crippen molar-refractivity contribution in [3.8, 4) is 5.75 Å². The van der Waals surface area contributed by atoms with Gasteiger partial charge in [-0.1, -0.05) is 28.1 Å². The second kappa shape index (κ2) is 4.66. The Morgan fingerprint density at radius 3 is 2.62 bits per heavy atom. The lowest BCUT2D eigenvalue weighted by atomic mass is 10.1. The van der Waals surface area contributed by atoms with Crippen LogP contribution in [-0.4, -0.2) is 12.4 Å². The standard InChI is InChI=1S/C13H11BrO2/c1-9(15)8-16-13-5-3-10-6-12(14)4-2-11(10)7-13/h2-7H,8H2,1H3. The van der Waals surface area contributed by atoms with E-state index in [4.69, 9.17) is 4.74 Å². The van der Waals surface area contributed by atoms with E-state index in [-0.39, 0.29) is 12.4 Å². The zero-order valence-corrected chi connectivity index (χ0v) is 10.5. The van der Waals surface area contributed by atoms with Crippen LogP contribution in [0.5, 0.6) is 5.75 Å². The van der Waals surface area contributed by atoms with Gasteiger partial charge >= 0.3 is 0 Å². The van der Waals surface area contributed by atoms with E-state index >= 15 is 0 Å². The first kappa shape index (κ1) is 11.1. The Morgan fingerprint density at radius 2 is 1.88 bits per heavy atom. The van der Waals surface area contributed by atoms with Crippen LogP contribution in [0.15, 0.2) is 40.9 Å². The number of halogens is 1. The van der Waals surface area contributed by atoms with Crippen molar-refractivity contribution >= 4 is 32.5 Å². The van der Waals surface area contributed by atoms with Crippen molar-refractivity contribution in [1.29, 1.82) is 0 Å². The van der Waals surface area contributed by atoms with E-state index in [0.717, 1.165) is 21.0 Å². The summed E-state index contributed by atoms with van der Waals surface area (Å²) < 4.78 is 6.40. The average Bonchev–Trinajstić information content (AvgIpc) is 2.26. The van der Waals surface area contributed by atoms with Gasteiger partial charge in [0.2, 0.25) is 0 Å². The maximum absolute atomic E-state index is 10.8. The first-order valence-electron chi connectivity index (χ1n) is 4.97. The smallest absolute Gasteiger partial charge is 0.167 e. The van der Waals surface area contributed by atoms with Crippen LogP contribution >= 0.6 is 15.9 Å². The third-order valence-electron chi connectivity index (χ3n) is 2.22. The minimum atomic E-state index is 0.0240. The molecule has 0 spiro atoms. The SMILES string of the molecule is CC(=O)COc1ccc2cc(Br)ccc2c1. The monoisotopic (exact) mass is 278 g/mol. The number of hydrogen-bond donors (Lipinski definition) is 0. The summed E-state index contributed by atoms with van der Waals surface area (Å²) >= 11 is 3.42. The molecule has 0 aliphatic rings. The summed E-state index contributed by atoms with van der Waals surface area (Å²) in [7, 11) is 0. The fraction of sp³-hybridized carbons (Fsp3) is 0.154. The molecule has 0 amide bonds. The second-order valence-electron chi connectivity index (χ2n) is 3.64. The number of carbonyl (C=O) groups is 1. The average molecular weight is 279 g/mol. The number of carbonyl (C=O) groups excluding carboxylic acids is 1. The van der Waals surface area contributed by atoms with E-state index in [1.54, 1.807) is 0 Å². The fourth-order valence-electron chi connectivity index (χ4n) is 1.47. The summed E-state index contributed by atoms with van der Waals surface area (Å²) in [5.41, 5.74) is 0. The highest BCUT2D eigenvalue weighted by Crippen LogP contribution is 2.23. The van der Waals surface area contributed by atoms with Crippen LogP contribution in [0.3, 0.4) is 0 Å². The summed E-state index contributed by atoms with van der Waals surface area (Å²) in [5, 5.41) is 2.24. The number of rotatable bonds is 3. The van der Waals surface area contributed by atoms with Crippen LogP contribution in [0.1, 0.15) is 6.92 Å². The quantitative estimate of drug-likeness (QED) is 0.858. The Kier molecular flexibility index (Phi) is 3.25. The van der Waals surface area contributed by atoms with Crippen LogP contribution in [0.2, 0.25) is 0 Å². The largest absolute Gasteiger partial charge is 0.486 e. The molecule has 2 aromatic rings. The molecule has 3 heteroatoms. The van der Waals surface area contributed by atoms with Crippen molar-refractivity contribution < 1.29 is 9.53 Å². The molecule has 82 valence electrons. The van der Waals surface area contributed by atoms with Crippen LogP contribution in [-0.2, 0) is 4.79 Å². The normalized spacial score (nSPS) is 10.4. The topological polar surface area (TPSA) is 26.3 Å². The zero-order chi connectivity index (χ0) is 11.5. The maximum Gasteiger partial charge on any atom is 0.167 e. The summed E-state index contributed by atoms with van der Waals surface area (Å²) in [4.78, 5) is 10.8. The minimum absolute atomic E-state index is 0.0240. The highest BCUT2D eigenvalue weighted by atomic mass is 79.9. The molecule has 0 heterocycles. The van der Waals surface area contributed by atoms with E-state index in [2.05, 4.69) is 15.9 Å². The molecule has 0 saturated heterocycles. The molecule has 0 aromatic heterocycles. The van der Waals surface area contributed by atoms with Crippen LogP contribution < -0.4 is 4.74 Å². The Hall–Kier alpha value is -1.35. The van der Waals surface area contributed by atoms with E-state index < -0.39 is 0 Å². The molecule has 0 unspecified atom stereocenters. The highest BCUT2D eigenvalue weighted by Gasteiger charge is 1.99. The fourth-order valence-corrected chi connectivity index (χ4v) is 1.85. The summed E-state index contributed by atoms with van der Waals surface area (Å²) in [6, 6.07) is 11.8. The Labute approximate surface area is 102 Å². The molecule has 0 radical (unpaired) electrons. The molecule has 0 aliphatic heterocycles. The third-order valence-corrected chi connectivity index (χ3v) is 2.71. The zero-order valence-electron chi connectivity index (χ0n) is 8.87. The van der Waals surface area contributed by atoms with Gasteiger partial charge in [0, 0.05) is 4.47 Å². The number of benzene rings is 2. The predicted octanol–water partition coefficient (Wildman–Crippen LogP) is 3.57. The summed E-state index contributed by atoms with van der Waals surface area (Å²) in [6.07, 6.45) is 0. The van der Waals surface area contributed by atoms with Crippen molar-refractivity contribution in [2.24, 2.45) is 0 Å². The number of Topliss-reactive ketones (excluding diaryl/α,β-unsaturated/α-hetero) is 1.